The van der Waals surface area contributed by atoms with E-state index in [-0.39, 0.29) is 25.6 Å². The molecule has 1 aliphatic rings. The van der Waals surface area contributed by atoms with E-state index < -0.39 is 30.1 Å². The van der Waals surface area contributed by atoms with Gasteiger partial charge in [0.2, 0.25) is 5.91 Å². The molecular weight excluding hydrogens is 532 g/mol. The van der Waals surface area contributed by atoms with Crippen LogP contribution < -0.4 is 10.6 Å². The smallest absolute Gasteiger partial charge is 0.407 e. The van der Waals surface area contributed by atoms with E-state index in [2.05, 4.69) is 22.8 Å². The number of ether oxygens (including phenoxy) is 2. The molecule has 8 heteroatoms. The van der Waals surface area contributed by atoms with Gasteiger partial charge in [-0.15, -0.1) is 0 Å². The lowest BCUT2D eigenvalue weighted by molar-refractivity contribution is -0.136. The molecule has 0 saturated heterocycles. The van der Waals surface area contributed by atoms with E-state index in [0.29, 0.717) is 11.3 Å². The molecule has 42 heavy (non-hydrogen) atoms. The minimum atomic E-state index is -1.09. The zero-order valence-corrected chi connectivity index (χ0v) is 23.2. The second kappa shape index (κ2) is 13.1. The fourth-order valence-electron chi connectivity index (χ4n) is 5.21. The van der Waals surface area contributed by atoms with Crippen LogP contribution in [0, 0.1) is 0 Å². The SMILES string of the molecule is CC(OCc1ccccc1)C(NC(=O)OCC1c2ccccc2-c2ccccc21)C(=O)Nc1cccc(CC(=O)O)c1. The Morgan fingerprint density at radius 2 is 1.43 bits per heavy atom. The van der Waals surface area contributed by atoms with Crippen LogP contribution in [0.2, 0.25) is 0 Å². The molecule has 2 unspecified atom stereocenters. The predicted molar refractivity (Wildman–Crippen MR) is 159 cm³/mol. The maximum absolute atomic E-state index is 13.4. The molecule has 4 aromatic rings. The first-order valence-electron chi connectivity index (χ1n) is 13.8. The average molecular weight is 565 g/mol. The number of fused-ring (bicyclic) bond motifs is 3. The summed E-state index contributed by atoms with van der Waals surface area (Å²) in [6.45, 7) is 2.05. The van der Waals surface area contributed by atoms with Crippen LogP contribution in [-0.2, 0) is 32.1 Å². The van der Waals surface area contributed by atoms with E-state index in [1.54, 1.807) is 31.2 Å². The molecule has 214 valence electrons. The van der Waals surface area contributed by atoms with Gasteiger partial charge in [-0.3, -0.25) is 9.59 Å². The van der Waals surface area contributed by atoms with Crippen molar-refractivity contribution in [2.24, 2.45) is 0 Å². The van der Waals surface area contributed by atoms with Crippen molar-refractivity contribution in [3.63, 3.8) is 0 Å². The second-order valence-electron chi connectivity index (χ2n) is 10.2. The monoisotopic (exact) mass is 564 g/mol. The number of nitrogens with one attached hydrogen (secondary N) is 2. The van der Waals surface area contributed by atoms with Gasteiger partial charge in [0, 0.05) is 11.6 Å². The molecule has 5 rings (SSSR count). The van der Waals surface area contributed by atoms with Crippen molar-refractivity contribution in [3.05, 3.63) is 125 Å². The summed E-state index contributed by atoms with van der Waals surface area (Å²) in [4.78, 5) is 37.7. The Balaban J connectivity index is 1.29. The molecule has 8 nitrogen and oxygen atoms in total. The second-order valence-corrected chi connectivity index (χ2v) is 10.2. The number of carbonyl (C=O) groups excluding carboxylic acids is 2. The molecule has 0 aliphatic heterocycles. The summed E-state index contributed by atoms with van der Waals surface area (Å²) in [5.41, 5.74) is 6.28. The number of carboxylic acids is 1. The van der Waals surface area contributed by atoms with E-state index in [1.165, 1.54) is 0 Å². The van der Waals surface area contributed by atoms with Gasteiger partial charge in [0.05, 0.1) is 19.1 Å². The first-order chi connectivity index (χ1) is 20.4. The summed E-state index contributed by atoms with van der Waals surface area (Å²) in [7, 11) is 0. The van der Waals surface area contributed by atoms with Gasteiger partial charge >= 0.3 is 12.1 Å². The van der Waals surface area contributed by atoms with E-state index in [9.17, 15) is 14.4 Å². The van der Waals surface area contributed by atoms with Gasteiger partial charge in [0.1, 0.15) is 12.6 Å². The van der Waals surface area contributed by atoms with E-state index in [0.717, 1.165) is 27.8 Å². The maximum atomic E-state index is 13.4. The Bertz CT molecular complexity index is 1530. The number of rotatable bonds is 11. The summed E-state index contributed by atoms with van der Waals surface area (Å²) in [5.74, 6) is -1.62. The summed E-state index contributed by atoms with van der Waals surface area (Å²) >= 11 is 0. The van der Waals surface area contributed by atoms with E-state index in [1.807, 2.05) is 66.7 Å². The van der Waals surface area contributed by atoms with Crippen LogP contribution in [0.3, 0.4) is 0 Å². The summed E-state index contributed by atoms with van der Waals surface area (Å²) in [6.07, 6.45) is -1.64. The molecule has 2 atom stereocenters. The lowest BCUT2D eigenvalue weighted by atomic mass is 9.98. The molecule has 4 aromatic carbocycles. The maximum Gasteiger partial charge on any atom is 0.407 e. The molecule has 0 fully saturated rings. The summed E-state index contributed by atoms with van der Waals surface area (Å²) in [6, 6.07) is 31.1. The van der Waals surface area contributed by atoms with Gasteiger partial charge in [-0.05, 0) is 52.4 Å². The van der Waals surface area contributed by atoms with Crippen molar-refractivity contribution in [2.75, 3.05) is 11.9 Å². The van der Waals surface area contributed by atoms with Crippen LogP contribution in [0.4, 0.5) is 10.5 Å². The lowest BCUT2D eigenvalue weighted by Gasteiger charge is -2.25. The fraction of sp³-hybridized carbons (Fsp3) is 0.206. The first-order valence-corrected chi connectivity index (χ1v) is 13.8. The largest absolute Gasteiger partial charge is 0.481 e. The van der Waals surface area contributed by atoms with Crippen LogP contribution in [0.25, 0.3) is 11.1 Å². The van der Waals surface area contributed by atoms with Crippen molar-refractivity contribution in [3.8, 4) is 11.1 Å². The van der Waals surface area contributed by atoms with Crippen molar-refractivity contribution >= 4 is 23.7 Å². The van der Waals surface area contributed by atoms with Crippen LogP contribution in [0.1, 0.15) is 35.1 Å². The molecule has 0 aromatic heterocycles. The molecule has 3 N–H and O–H groups in total. The highest BCUT2D eigenvalue weighted by atomic mass is 16.5. The van der Waals surface area contributed by atoms with E-state index in [4.69, 9.17) is 14.6 Å². The number of benzene rings is 4. The number of hydrogen-bond acceptors (Lipinski definition) is 5. The summed E-state index contributed by atoms with van der Waals surface area (Å²) < 4.78 is 11.7. The van der Waals surface area contributed by atoms with Crippen LogP contribution in [0.5, 0.6) is 0 Å². The molecule has 0 spiro atoms. The van der Waals surface area contributed by atoms with Gasteiger partial charge in [-0.1, -0.05) is 91.0 Å². The zero-order chi connectivity index (χ0) is 29.5. The Morgan fingerprint density at radius 1 is 0.810 bits per heavy atom. The number of carbonyl (C=O) groups is 3. The number of alkyl carbamates (subject to hydrolysis) is 1. The average Bonchev–Trinajstić information content (AvgIpc) is 3.31. The van der Waals surface area contributed by atoms with Gasteiger partial charge in [-0.25, -0.2) is 4.79 Å². The third-order valence-corrected chi connectivity index (χ3v) is 7.27. The minimum absolute atomic E-state index is 0.102. The molecule has 0 saturated carbocycles. The topological polar surface area (TPSA) is 114 Å². The third kappa shape index (κ3) is 6.85. The van der Waals surface area contributed by atoms with Crippen molar-refractivity contribution in [2.45, 2.75) is 38.0 Å². The number of carboxylic acid groups (broad SMARTS) is 1. The minimum Gasteiger partial charge on any atom is -0.481 e. The Morgan fingerprint density at radius 3 is 2.10 bits per heavy atom. The van der Waals surface area contributed by atoms with Crippen LogP contribution in [-0.4, -0.2) is 41.8 Å². The molecule has 1 aliphatic carbocycles. The third-order valence-electron chi connectivity index (χ3n) is 7.27. The van der Waals surface area contributed by atoms with Crippen molar-refractivity contribution < 1.29 is 29.0 Å². The zero-order valence-electron chi connectivity index (χ0n) is 23.2. The quantitative estimate of drug-likeness (QED) is 0.213. The summed E-state index contributed by atoms with van der Waals surface area (Å²) in [5, 5.41) is 14.6. The van der Waals surface area contributed by atoms with E-state index >= 15 is 0 Å². The number of amides is 2. The Kier molecular flexibility index (Phi) is 8.94. The number of anilines is 1. The normalized spacial score (nSPS) is 13.4. The van der Waals surface area contributed by atoms with Crippen molar-refractivity contribution in [1.29, 1.82) is 0 Å². The van der Waals surface area contributed by atoms with Gasteiger partial charge in [0.15, 0.2) is 0 Å². The van der Waals surface area contributed by atoms with Gasteiger partial charge < -0.3 is 25.2 Å². The predicted octanol–water partition coefficient (Wildman–Crippen LogP) is 5.76. The molecule has 0 bridgehead atoms. The number of hydrogen-bond donors (Lipinski definition) is 3. The molecule has 2 amide bonds. The fourth-order valence-corrected chi connectivity index (χ4v) is 5.21. The van der Waals surface area contributed by atoms with Gasteiger partial charge in [0.25, 0.3) is 0 Å². The highest BCUT2D eigenvalue weighted by Gasteiger charge is 2.31. The molecule has 0 heterocycles. The highest BCUT2D eigenvalue weighted by molar-refractivity contribution is 5.97. The Labute approximate surface area is 244 Å². The number of aliphatic carboxylic acids is 1. The molecule has 0 radical (unpaired) electrons. The Hall–Kier alpha value is -4.95. The highest BCUT2D eigenvalue weighted by Crippen LogP contribution is 2.44. The first kappa shape index (κ1) is 28.6. The van der Waals surface area contributed by atoms with Crippen LogP contribution in [0.15, 0.2) is 103 Å². The standard InChI is InChI=1S/C34H32N2O6/c1-22(41-20-23-10-3-2-4-11-23)32(33(39)35-25-13-9-12-24(18-25)19-31(37)38)36-34(40)42-21-30-28-16-7-5-14-26(28)27-15-6-8-17-29(27)30/h2-18,22,30,32H,19-21H2,1H3,(H,35,39)(H,36,40)(H,37,38). The van der Waals surface area contributed by atoms with Crippen molar-refractivity contribution in [1.82, 2.24) is 5.32 Å². The lowest BCUT2D eigenvalue weighted by Crippen LogP contribution is -2.51. The van der Waals surface area contributed by atoms with Gasteiger partial charge in [-0.2, -0.15) is 0 Å². The molecular formula is C34H32N2O6. The van der Waals surface area contributed by atoms with Crippen LogP contribution >= 0.6 is 0 Å².